The molecule has 1 N–H and O–H groups in total. The summed E-state index contributed by atoms with van der Waals surface area (Å²) in [6.45, 7) is 8.06. The van der Waals surface area contributed by atoms with Gasteiger partial charge in [0.2, 0.25) is 5.91 Å². The zero-order valence-corrected chi connectivity index (χ0v) is 18.0. The van der Waals surface area contributed by atoms with E-state index in [1.165, 1.54) is 5.69 Å². The number of nitrogens with zero attached hydrogens (tertiary/aromatic N) is 3. The van der Waals surface area contributed by atoms with E-state index in [2.05, 4.69) is 22.0 Å². The van der Waals surface area contributed by atoms with Gasteiger partial charge in [-0.1, -0.05) is 18.5 Å². The van der Waals surface area contributed by atoms with Gasteiger partial charge in [-0.3, -0.25) is 9.59 Å². The van der Waals surface area contributed by atoms with Crippen molar-refractivity contribution in [3.8, 4) is 0 Å². The van der Waals surface area contributed by atoms with Gasteiger partial charge in [0.1, 0.15) is 0 Å². The molecule has 0 bridgehead atoms. The lowest BCUT2D eigenvalue weighted by Gasteiger charge is -2.35. The number of piperazine rings is 1. The molecule has 0 saturated carbocycles. The topological polar surface area (TPSA) is 55.9 Å². The van der Waals surface area contributed by atoms with Crippen molar-refractivity contribution in [3.63, 3.8) is 0 Å². The molecule has 0 aliphatic carbocycles. The van der Waals surface area contributed by atoms with Gasteiger partial charge < -0.3 is 20.0 Å². The lowest BCUT2D eigenvalue weighted by atomic mass is 10.1. The molecule has 2 heterocycles. The molecule has 2 aliphatic rings. The smallest absolute Gasteiger partial charge is 0.257 e. The second kappa shape index (κ2) is 9.06. The summed E-state index contributed by atoms with van der Waals surface area (Å²) in [7, 11) is 0. The summed E-state index contributed by atoms with van der Waals surface area (Å²) < 4.78 is 0. The van der Waals surface area contributed by atoms with E-state index in [0.29, 0.717) is 29.2 Å². The van der Waals surface area contributed by atoms with E-state index < -0.39 is 0 Å². The van der Waals surface area contributed by atoms with Crippen LogP contribution in [0.2, 0.25) is 5.02 Å². The zero-order chi connectivity index (χ0) is 21.1. The molecule has 0 aromatic heterocycles. The Morgan fingerprint density at radius 1 is 1.03 bits per heavy atom. The highest BCUT2D eigenvalue weighted by atomic mass is 35.5. The van der Waals surface area contributed by atoms with Crippen molar-refractivity contribution >= 4 is 40.5 Å². The zero-order valence-electron chi connectivity index (χ0n) is 17.2. The SMILES string of the molecule is CCN1CCN(c2ccc(NC(=O)c3ccc(Cl)cc3N3CCCC3=O)cc2)CC1. The van der Waals surface area contributed by atoms with E-state index in [0.717, 1.165) is 44.8 Å². The number of hydrogen-bond acceptors (Lipinski definition) is 4. The van der Waals surface area contributed by atoms with Gasteiger partial charge >= 0.3 is 0 Å². The lowest BCUT2D eigenvalue weighted by Crippen LogP contribution is -2.46. The summed E-state index contributed by atoms with van der Waals surface area (Å²) in [6, 6.07) is 13.0. The fourth-order valence-corrected chi connectivity index (χ4v) is 4.27. The van der Waals surface area contributed by atoms with Crippen molar-refractivity contribution in [1.82, 2.24) is 4.90 Å². The van der Waals surface area contributed by atoms with Crippen LogP contribution < -0.4 is 15.1 Å². The highest BCUT2D eigenvalue weighted by Gasteiger charge is 2.26. The Morgan fingerprint density at radius 3 is 2.40 bits per heavy atom. The van der Waals surface area contributed by atoms with Gasteiger partial charge in [0.05, 0.1) is 11.3 Å². The number of carbonyl (C=O) groups is 2. The monoisotopic (exact) mass is 426 g/mol. The average molecular weight is 427 g/mol. The van der Waals surface area contributed by atoms with Crippen LogP contribution in [0.25, 0.3) is 0 Å². The fourth-order valence-electron chi connectivity index (χ4n) is 4.10. The van der Waals surface area contributed by atoms with Gasteiger partial charge in [-0.25, -0.2) is 0 Å². The average Bonchev–Trinajstić information content (AvgIpc) is 3.20. The van der Waals surface area contributed by atoms with E-state index >= 15 is 0 Å². The Morgan fingerprint density at radius 2 is 1.77 bits per heavy atom. The predicted octanol–water partition coefficient (Wildman–Crippen LogP) is 3.86. The predicted molar refractivity (Wildman–Crippen MR) is 122 cm³/mol. The van der Waals surface area contributed by atoms with Gasteiger partial charge in [0, 0.05) is 55.5 Å². The van der Waals surface area contributed by atoms with E-state index in [4.69, 9.17) is 11.6 Å². The van der Waals surface area contributed by atoms with Crippen LogP contribution in [0.15, 0.2) is 42.5 Å². The largest absolute Gasteiger partial charge is 0.369 e. The third kappa shape index (κ3) is 4.45. The van der Waals surface area contributed by atoms with Crippen LogP contribution in [0.5, 0.6) is 0 Å². The highest BCUT2D eigenvalue weighted by Crippen LogP contribution is 2.29. The third-order valence-corrected chi connectivity index (χ3v) is 6.11. The highest BCUT2D eigenvalue weighted by molar-refractivity contribution is 6.31. The Bertz CT molecular complexity index is 923. The van der Waals surface area contributed by atoms with Gasteiger partial charge in [-0.15, -0.1) is 0 Å². The minimum Gasteiger partial charge on any atom is -0.369 e. The number of anilines is 3. The number of carbonyl (C=O) groups excluding carboxylic acids is 2. The molecule has 0 atom stereocenters. The van der Waals surface area contributed by atoms with Crippen LogP contribution in [0, 0.1) is 0 Å². The van der Waals surface area contributed by atoms with Crippen molar-refractivity contribution in [2.75, 3.05) is 54.4 Å². The summed E-state index contributed by atoms with van der Waals surface area (Å²) in [6.07, 6.45) is 1.29. The molecule has 2 aliphatic heterocycles. The molecule has 2 aromatic rings. The van der Waals surface area contributed by atoms with Crippen LogP contribution in [-0.4, -0.2) is 56.0 Å². The summed E-state index contributed by atoms with van der Waals surface area (Å²) in [5.41, 5.74) is 2.92. The summed E-state index contributed by atoms with van der Waals surface area (Å²) in [4.78, 5) is 31.6. The molecule has 0 radical (unpaired) electrons. The van der Waals surface area contributed by atoms with Gasteiger partial charge in [0.15, 0.2) is 0 Å². The standard InChI is InChI=1S/C23H27ClN4O2/c1-2-26-12-14-27(15-13-26)19-8-6-18(7-9-19)25-23(30)20-10-5-17(24)16-21(20)28-11-3-4-22(28)29/h5-10,16H,2-4,11-15H2,1H3,(H,25,30). The Labute approximate surface area is 182 Å². The molecule has 2 saturated heterocycles. The second-order valence-electron chi connectivity index (χ2n) is 7.73. The van der Waals surface area contributed by atoms with Gasteiger partial charge in [-0.2, -0.15) is 0 Å². The normalized spacial score (nSPS) is 17.5. The molecule has 2 fully saturated rings. The lowest BCUT2D eigenvalue weighted by molar-refractivity contribution is -0.117. The molecule has 0 spiro atoms. The van der Waals surface area contributed by atoms with Crippen LogP contribution >= 0.6 is 11.6 Å². The molecule has 4 rings (SSSR count). The molecule has 2 amide bonds. The minimum atomic E-state index is -0.245. The first-order valence-corrected chi connectivity index (χ1v) is 10.9. The molecule has 30 heavy (non-hydrogen) atoms. The molecule has 6 nitrogen and oxygen atoms in total. The van der Waals surface area contributed by atoms with Gasteiger partial charge in [-0.05, 0) is 55.4 Å². The van der Waals surface area contributed by atoms with E-state index in [1.807, 2.05) is 24.3 Å². The minimum absolute atomic E-state index is 0.0267. The third-order valence-electron chi connectivity index (χ3n) is 5.88. The number of likely N-dealkylation sites (N-methyl/N-ethyl adjacent to an activating group) is 1. The van der Waals surface area contributed by atoms with E-state index in [1.54, 1.807) is 23.1 Å². The summed E-state index contributed by atoms with van der Waals surface area (Å²) in [5.74, 6) is -0.218. The first kappa shape index (κ1) is 20.7. The quantitative estimate of drug-likeness (QED) is 0.788. The molecule has 158 valence electrons. The number of rotatable bonds is 5. The number of hydrogen-bond donors (Lipinski definition) is 1. The van der Waals surface area contributed by atoms with Crippen LogP contribution in [0.3, 0.4) is 0 Å². The maximum atomic E-state index is 13.0. The van der Waals surface area contributed by atoms with E-state index in [9.17, 15) is 9.59 Å². The van der Waals surface area contributed by atoms with Crippen molar-refractivity contribution in [2.24, 2.45) is 0 Å². The second-order valence-corrected chi connectivity index (χ2v) is 8.17. The first-order valence-electron chi connectivity index (χ1n) is 10.5. The van der Waals surface area contributed by atoms with Crippen LogP contribution in [-0.2, 0) is 4.79 Å². The molecular formula is C23H27ClN4O2. The molecule has 0 unspecified atom stereocenters. The number of nitrogens with one attached hydrogen (secondary N) is 1. The summed E-state index contributed by atoms with van der Waals surface area (Å²) >= 11 is 6.14. The van der Waals surface area contributed by atoms with Crippen molar-refractivity contribution in [3.05, 3.63) is 53.1 Å². The van der Waals surface area contributed by atoms with Crippen molar-refractivity contribution in [1.29, 1.82) is 0 Å². The van der Waals surface area contributed by atoms with Crippen LogP contribution in [0.4, 0.5) is 17.1 Å². The summed E-state index contributed by atoms with van der Waals surface area (Å²) in [5, 5.41) is 3.46. The Hall–Kier alpha value is -2.57. The molecule has 7 heteroatoms. The number of amides is 2. The Balaban J connectivity index is 1.46. The van der Waals surface area contributed by atoms with Crippen molar-refractivity contribution in [2.45, 2.75) is 19.8 Å². The number of halogens is 1. The maximum absolute atomic E-state index is 13.0. The first-order chi connectivity index (χ1) is 14.5. The molecule has 2 aromatic carbocycles. The Kier molecular flexibility index (Phi) is 6.25. The number of benzene rings is 2. The van der Waals surface area contributed by atoms with Crippen LogP contribution in [0.1, 0.15) is 30.1 Å². The van der Waals surface area contributed by atoms with Gasteiger partial charge in [0.25, 0.3) is 5.91 Å². The fraction of sp³-hybridized carbons (Fsp3) is 0.391. The van der Waals surface area contributed by atoms with E-state index in [-0.39, 0.29) is 11.8 Å². The molecular weight excluding hydrogens is 400 g/mol. The maximum Gasteiger partial charge on any atom is 0.257 e. The van der Waals surface area contributed by atoms with Crippen molar-refractivity contribution < 1.29 is 9.59 Å².